The highest BCUT2D eigenvalue weighted by atomic mass is 31.1. The minimum absolute atomic E-state index is 0.0825. The van der Waals surface area contributed by atoms with Crippen LogP contribution in [0.1, 0.15) is 36.6 Å². The molecule has 2 aromatic rings. The topological polar surface area (TPSA) is 190 Å². The lowest BCUT2D eigenvalue weighted by atomic mass is 10.0. The minimum Gasteiger partial charge on any atom is -0.479 e. The molecule has 0 aliphatic carbocycles. The van der Waals surface area contributed by atoms with E-state index in [2.05, 4.69) is 4.99 Å². The first kappa shape index (κ1) is 26.9. The van der Waals surface area contributed by atoms with Gasteiger partial charge in [0.05, 0.1) is 5.69 Å². The molecule has 0 heterocycles. The molecule has 0 aliphatic rings. The largest absolute Gasteiger partial charge is 0.701 e. The molecule has 0 saturated carbocycles. The summed E-state index contributed by atoms with van der Waals surface area (Å²) in [5.74, 6) is -3.33. The molecule has 0 aliphatic heterocycles. The van der Waals surface area contributed by atoms with Gasteiger partial charge in [-0.1, -0.05) is 65.4 Å². The molecule has 12 heteroatoms. The van der Waals surface area contributed by atoms with Crippen LogP contribution in [-0.4, -0.2) is 28.7 Å². The van der Waals surface area contributed by atoms with E-state index in [-0.39, 0.29) is 18.1 Å². The van der Waals surface area contributed by atoms with Crippen LogP contribution in [0.4, 0.5) is 5.69 Å². The third-order valence-electron chi connectivity index (χ3n) is 4.91. The van der Waals surface area contributed by atoms with Gasteiger partial charge in [0.15, 0.2) is 5.96 Å². The number of nitrogens with two attached hydrogens (primary N) is 3. The number of carboxylic acid groups (broad SMARTS) is 1. The monoisotopic (exact) mass is 491 g/mol. The van der Waals surface area contributed by atoms with Gasteiger partial charge in [-0.2, -0.15) is 0 Å². The second-order valence-electron chi connectivity index (χ2n) is 7.68. The third kappa shape index (κ3) is 6.82. The van der Waals surface area contributed by atoms with Crippen molar-refractivity contribution in [3.05, 3.63) is 65.2 Å². The normalized spacial score (nSPS) is 14.1. The van der Waals surface area contributed by atoms with Crippen molar-refractivity contribution < 1.29 is 33.0 Å². The first-order valence-electron chi connectivity index (χ1n) is 10.2. The number of nitrogens with zero attached hydrogens (tertiary/aromatic N) is 1. The summed E-state index contributed by atoms with van der Waals surface area (Å²) in [6, 6.07) is 13.4. The molecular weight excluding hydrogens is 463 g/mol. The number of carbonyl (C=O) groups is 2. The van der Waals surface area contributed by atoms with Gasteiger partial charge in [0.1, 0.15) is 6.61 Å². The predicted molar refractivity (Wildman–Crippen MR) is 125 cm³/mol. The molecule has 0 aromatic heterocycles. The van der Waals surface area contributed by atoms with E-state index in [1.807, 2.05) is 6.07 Å². The number of carboxylic acids is 1. The molecule has 0 saturated heterocycles. The third-order valence-corrected chi connectivity index (χ3v) is 5.74. The maximum Gasteiger partial charge on any atom is 0.701 e. The van der Waals surface area contributed by atoms with Crippen molar-refractivity contribution in [2.75, 3.05) is 0 Å². The Kier molecular flexibility index (Phi) is 9.22. The van der Waals surface area contributed by atoms with Gasteiger partial charge in [0, 0.05) is 16.0 Å². The number of aliphatic imine (C=N–C) groups is 1. The molecule has 0 radical (unpaired) electrons. The van der Waals surface area contributed by atoms with Gasteiger partial charge in [-0.25, -0.2) is 14.6 Å². The van der Waals surface area contributed by atoms with Gasteiger partial charge in [-0.3, -0.25) is 5.73 Å². The van der Waals surface area contributed by atoms with E-state index in [0.29, 0.717) is 16.8 Å². The number of ether oxygens (including phenoxy) is 1. The van der Waals surface area contributed by atoms with Crippen LogP contribution in [0, 0.1) is 12.8 Å². The van der Waals surface area contributed by atoms with E-state index in [0.717, 1.165) is 0 Å². The van der Waals surface area contributed by atoms with Crippen LogP contribution in [0.25, 0.3) is 0 Å². The average Bonchev–Trinajstić information content (AvgIpc) is 2.77. The van der Waals surface area contributed by atoms with E-state index < -0.39 is 37.9 Å². The van der Waals surface area contributed by atoms with Crippen molar-refractivity contribution >= 4 is 31.8 Å². The predicted octanol–water partition coefficient (Wildman–Crippen LogP) is 2.77. The van der Waals surface area contributed by atoms with Crippen molar-refractivity contribution in [3.63, 3.8) is 0 Å². The Labute approximate surface area is 197 Å². The highest BCUT2D eigenvalue weighted by molar-refractivity contribution is 7.33. The van der Waals surface area contributed by atoms with Crippen molar-refractivity contribution in [2.24, 2.45) is 28.1 Å². The van der Waals surface area contributed by atoms with Gasteiger partial charge in [-0.15, -0.1) is 0 Å². The van der Waals surface area contributed by atoms with Crippen molar-refractivity contribution in [1.29, 1.82) is 0 Å². The Bertz CT molecular complexity index is 1070. The number of esters is 1. The molecule has 34 heavy (non-hydrogen) atoms. The van der Waals surface area contributed by atoms with Crippen LogP contribution in [-0.2, 0) is 34.5 Å². The lowest BCUT2D eigenvalue weighted by Crippen LogP contribution is -2.54. The zero-order valence-electron chi connectivity index (χ0n) is 19.0. The summed E-state index contributed by atoms with van der Waals surface area (Å²) >= 11 is 0. The molecule has 3 unspecified atom stereocenters. The summed E-state index contributed by atoms with van der Waals surface area (Å²) in [6.07, 6.45) is -1.71. The Hall–Kier alpha value is -3.37. The summed E-state index contributed by atoms with van der Waals surface area (Å²) in [5, 5.41) is 9.68. The standard InChI is InChI=1S/C22H27N4O7P/c1-13(2)22(25,20(29)31-12-15-8-5-4-6-9-15)33-34(30)32-18(19(27)28)16-10-7-11-17(14(16)3)26-21(23)24/h4-11,13,18H,12,25H2,1-3H3,(H4-,23,24,26,27,28)/p+1. The molecule has 182 valence electrons. The second-order valence-corrected chi connectivity index (χ2v) is 8.52. The first-order chi connectivity index (χ1) is 16.0. The number of aliphatic carboxylic acids is 1. The van der Waals surface area contributed by atoms with E-state index in [9.17, 15) is 19.3 Å². The van der Waals surface area contributed by atoms with E-state index >= 15 is 0 Å². The molecule has 0 amide bonds. The maximum absolute atomic E-state index is 12.7. The molecule has 0 bridgehead atoms. The molecule has 0 fully saturated rings. The van der Waals surface area contributed by atoms with Gasteiger partial charge in [-0.05, 0) is 24.1 Å². The fraction of sp³-hybridized carbons (Fsp3) is 0.318. The Balaban J connectivity index is 2.21. The van der Waals surface area contributed by atoms with Crippen molar-refractivity contribution in [1.82, 2.24) is 0 Å². The highest BCUT2D eigenvalue weighted by Gasteiger charge is 2.51. The van der Waals surface area contributed by atoms with Gasteiger partial charge >= 0.3 is 20.2 Å². The maximum atomic E-state index is 12.7. The molecule has 2 aromatic carbocycles. The van der Waals surface area contributed by atoms with Crippen molar-refractivity contribution in [2.45, 2.75) is 39.2 Å². The Morgan fingerprint density at radius 1 is 1.12 bits per heavy atom. The zero-order chi connectivity index (χ0) is 25.5. The number of carbonyl (C=O) groups excluding carboxylic acids is 1. The summed E-state index contributed by atoms with van der Waals surface area (Å²) in [5.41, 5.74) is 16.3. The number of rotatable bonds is 11. The van der Waals surface area contributed by atoms with E-state index in [1.165, 1.54) is 12.1 Å². The smallest absolute Gasteiger partial charge is 0.479 e. The molecule has 2 rings (SSSR count). The summed E-state index contributed by atoms with van der Waals surface area (Å²) in [6.45, 7) is 4.61. The van der Waals surface area contributed by atoms with Crippen LogP contribution in [0.5, 0.6) is 0 Å². The second kappa shape index (κ2) is 11.7. The molecule has 11 nitrogen and oxygen atoms in total. The number of guanidine groups is 1. The Morgan fingerprint density at radius 3 is 2.32 bits per heavy atom. The number of benzene rings is 2. The van der Waals surface area contributed by atoms with E-state index in [1.54, 1.807) is 51.1 Å². The van der Waals surface area contributed by atoms with E-state index in [4.69, 9.17) is 31.0 Å². The van der Waals surface area contributed by atoms with Crippen molar-refractivity contribution in [3.8, 4) is 0 Å². The number of hydrogen-bond acceptors (Lipinski definition) is 8. The fourth-order valence-electron chi connectivity index (χ4n) is 2.87. The molecule has 0 spiro atoms. The van der Waals surface area contributed by atoms with Crippen LogP contribution >= 0.6 is 8.25 Å². The quantitative estimate of drug-likeness (QED) is 0.119. The molecule has 7 N–H and O–H groups in total. The van der Waals surface area contributed by atoms with Gasteiger partial charge in [0.25, 0.3) is 5.72 Å². The summed E-state index contributed by atoms with van der Waals surface area (Å²) in [7, 11) is -3.17. The lowest BCUT2D eigenvalue weighted by Gasteiger charge is -2.24. The first-order valence-corrected chi connectivity index (χ1v) is 11.3. The SMILES string of the molecule is Cc1c(N=C(N)N)cccc1C(O[P+](=O)OC(N)(C(=O)OCc1ccccc1)C(C)C)C(=O)O. The lowest BCUT2D eigenvalue weighted by molar-refractivity contribution is -0.168. The summed E-state index contributed by atoms with van der Waals surface area (Å²) in [4.78, 5) is 28.5. The van der Waals surface area contributed by atoms with Gasteiger partial charge in [0.2, 0.25) is 6.10 Å². The highest BCUT2D eigenvalue weighted by Crippen LogP contribution is 2.40. The van der Waals surface area contributed by atoms with Crippen LogP contribution in [0.15, 0.2) is 53.5 Å². The Morgan fingerprint density at radius 2 is 1.76 bits per heavy atom. The van der Waals surface area contributed by atoms with Crippen LogP contribution in [0.3, 0.4) is 0 Å². The minimum atomic E-state index is -3.17. The summed E-state index contributed by atoms with van der Waals surface area (Å²) < 4.78 is 28.4. The molecule has 3 atom stereocenters. The number of hydrogen-bond donors (Lipinski definition) is 4. The average molecular weight is 491 g/mol. The fourth-order valence-corrected chi connectivity index (χ4v) is 3.82. The zero-order valence-corrected chi connectivity index (χ0v) is 19.9. The van der Waals surface area contributed by atoms with Gasteiger partial charge < -0.3 is 21.3 Å². The van der Waals surface area contributed by atoms with Crippen LogP contribution < -0.4 is 17.2 Å². The van der Waals surface area contributed by atoms with Crippen LogP contribution in [0.2, 0.25) is 0 Å². The molecular formula is C22H28N4O7P+.